The summed E-state index contributed by atoms with van der Waals surface area (Å²) in [6.07, 6.45) is 6.06. The summed E-state index contributed by atoms with van der Waals surface area (Å²) in [7, 11) is 1.60. The van der Waals surface area contributed by atoms with Crippen molar-refractivity contribution < 1.29 is 19.1 Å². The van der Waals surface area contributed by atoms with E-state index in [1.54, 1.807) is 31.5 Å². The van der Waals surface area contributed by atoms with Crippen LogP contribution in [0.4, 0.5) is 5.82 Å². The van der Waals surface area contributed by atoms with Crippen molar-refractivity contribution in [3.63, 3.8) is 0 Å². The van der Waals surface area contributed by atoms with Crippen LogP contribution in [-0.4, -0.2) is 60.7 Å². The van der Waals surface area contributed by atoms with Crippen LogP contribution in [0.25, 0.3) is 11.4 Å². The predicted molar refractivity (Wildman–Crippen MR) is 163 cm³/mol. The van der Waals surface area contributed by atoms with E-state index in [4.69, 9.17) is 14.5 Å². The number of methoxy groups -OCH3 is 1. The van der Waals surface area contributed by atoms with Crippen molar-refractivity contribution in [1.29, 1.82) is 0 Å². The van der Waals surface area contributed by atoms with E-state index in [1.165, 1.54) is 12.8 Å². The van der Waals surface area contributed by atoms with Gasteiger partial charge in [-0.05, 0) is 88.6 Å². The van der Waals surface area contributed by atoms with Gasteiger partial charge in [0.15, 0.2) is 5.82 Å². The standard InChI is InChI=1S/C33H41N5O4/c1-33(2,3)37-32(40)25-7-5-6-24(16-25)30-34-13-10-29(36-30)38-14-11-22(12-15-38)20-35-31(39)26-17-27(41-4)19-28(18-26)42-21-23-8-9-23/h5-7,10,13,16-19,22-23H,8-9,11-12,14-15,20-21H2,1-4H3,(H,35,39)(H,37,40). The highest BCUT2D eigenvalue weighted by Crippen LogP contribution is 2.31. The lowest BCUT2D eigenvalue weighted by molar-refractivity contribution is 0.0917. The Morgan fingerprint density at radius 3 is 2.40 bits per heavy atom. The number of piperidine rings is 1. The maximum Gasteiger partial charge on any atom is 0.251 e. The number of nitrogens with one attached hydrogen (secondary N) is 2. The number of anilines is 1. The average molecular weight is 572 g/mol. The van der Waals surface area contributed by atoms with E-state index in [-0.39, 0.29) is 17.4 Å². The van der Waals surface area contributed by atoms with Crippen molar-refractivity contribution in [3.05, 3.63) is 65.9 Å². The van der Waals surface area contributed by atoms with Crippen molar-refractivity contribution in [2.24, 2.45) is 11.8 Å². The minimum atomic E-state index is -0.318. The molecule has 222 valence electrons. The molecule has 1 aliphatic heterocycles. The van der Waals surface area contributed by atoms with Gasteiger partial charge in [0.1, 0.15) is 17.3 Å². The second-order valence-electron chi connectivity index (χ2n) is 12.3. The molecule has 2 fully saturated rings. The Morgan fingerprint density at radius 1 is 0.929 bits per heavy atom. The van der Waals surface area contributed by atoms with E-state index in [9.17, 15) is 9.59 Å². The van der Waals surface area contributed by atoms with Crippen molar-refractivity contribution in [2.45, 2.75) is 52.0 Å². The number of hydrogen-bond acceptors (Lipinski definition) is 7. The van der Waals surface area contributed by atoms with Crippen molar-refractivity contribution in [1.82, 2.24) is 20.6 Å². The maximum atomic E-state index is 13.0. The largest absolute Gasteiger partial charge is 0.497 e. The molecule has 1 aliphatic carbocycles. The SMILES string of the molecule is COc1cc(OCC2CC2)cc(C(=O)NCC2CCN(c3ccnc(-c4cccc(C(=O)NC(C)(C)C)c4)n3)CC2)c1. The number of carbonyl (C=O) groups is 2. The Labute approximate surface area is 248 Å². The average Bonchev–Trinajstić information content (AvgIpc) is 3.83. The molecule has 0 bridgehead atoms. The van der Waals surface area contributed by atoms with Gasteiger partial charge in [-0.3, -0.25) is 9.59 Å². The van der Waals surface area contributed by atoms with Gasteiger partial charge in [0.2, 0.25) is 0 Å². The van der Waals surface area contributed by atoms with E-state index in [1.807, 2.05) is 51.1 Å². The lowest BCUT2D eigenvalue weighted by Crippen LogP contribution is -2.40. The molecule has 2 aromatic carbocycles. The molecule has 2 amide bonds. The highest BCUT2D eigenvalue weighted by Gasteiger charge is 2.24. The maximum absolute atomic E-state index is 13.0. The summed E-state index contributed by atoms with van der Waals surface area (Å²) in [6.45, 7) is 8.84. The van der Waals surface area contributed by atoms with Gasteiger partial charge >= 0.3 is 0 Å². The first-order valence-electron chi connectivity index (χ1n) is 14.8. The molecule has 0 spiro atoms. The van der Waals surface area contributed by atoms with Crippen LogP contribution in [-0.2, 0) is 0 Å². The molecule has 1 saturated carbocycles. The minimum Gasteiger partial charge on any atom is -0.497 e. The Kier molecular flexibility index (Phi) is 8.94. The van der Waals surface area contributed by atoms with Gasteiger partial charge < -0.3 is 25.0 Å². The number of hydrogen-bond donors (Lipinski definition) is 2. The van der Waals surface area contributed by atoms with E-state index in [0.717, 1.165) is 37.3 Å². The number of ether oxygens (including phenoxy) is 2. The summed E-state index contributed by atoms with van der Waals surface area (Å²) >= 11 is 0. The molecular formula is C33H41N5O4. The number of benzene rings is 2. The molecule has 0 unspecified atom stereocenters. The molecule has 2 heterocycles. The van der Waals surface area contributed by atoms with Crippen LogP contribution in [0.3, 0.4) is 0 Å². The zero-order chi connectivity index (χ0) is 29.7. The van der Waals surface area contributed by atoms with Gasteiger partial charge in [0.05, 0.1) is 13.7 Å². The molecule has 2 aliphatic rings. The smallest absolute Gasteiger partial charge is 0.251 e. The Hall–Kier alpha value is -4.14. The van der Waals surface area contributed by atoms with Gasteiger partial charge in [0, 0.05) is 54.1 Å². The summed E-state index contributed by atoms with van der Waals surface area (Å²) in [4.78, 5) is 37.2. The third kappa shape index (κ3) is 7.99. The van der Waals surface area contributed by atoms with E-state index >= 15 is 0 Å². The molecule has 1 aromatic heterocycles. The first kappa shape index (κ1) is 29.4. The zero-order valence-electron chi connectivity index (χ0n) is 25.0. The van der Waals surface area contributed by atoms with Gasteiger partial charge in [-0.2, -0.15) is 0 Å². The Bertz CT molecular complexity index is 1410. The molecular weight excluding hydrogens is 530 g/mol. The number of nitrogens with zero attached hydrogens (tertiary/aromatic N) is 3. The Balaban J connectivity index is 1.15. The molecule has 0 atom stereocenters. The second kappa shape index (κ2) is 12.8. The summed E-state index contributed by atoms with van der Waals surface area (Å²) in [5.74, 6) is 3.50. The van der Waals surface area contributed by atoms with Gasteiger partial charge in [0.25, 0.3) is 11.8 Å². The molecule has 1 saturated heterocycles. The fourth-order valence-corrected chi connectivity index (χ4v) is 4.98. The normalized spacial score (nSPS) is 15.7. The number of aromatic nitrogens is 2. The quantitative estimate of drug-likeness (QED) is 0.348. The van der Waals surface area contributed by atoms with Crippen molar-refractivity contribution in [3.8, 4) is 22.9 Å². The fourth-order valence-electron chi connectivity index (χ4n) is 4.98. The molecule has 2 N–H and O–H groups in total. The lowest BCUT2D eigenvalue weighted by Gasteiger charge is -2.33. The first-order chi connectivity index (χ1) is 20.2. The van der Waals surface area contributed by atoms with Crippen LogP contribution >= 0.6 is 0 Å². The van der Waals surface area contributed by atoms with Crippen LogP contribution in [0, 0.1) is 11.8 Å². The van der Waals surface area contributed by atoms with E-state index < -0.39 is 0 Å². The number of carbonyl (C=O) groups excluding carboxylic acids is 2. The molecule has 42 heavy (non-hydrogen) atoms. The third-order valence-electron chi connectivity index (χ3n) is 7.56. The predicted octanol–water partition coefficient (Wildman–Crippen LogP) is 5.12. The summed E-state index contributed by atoms with van der Waals surface area (Å²) in [6, 6.07) is 14.7. The van der Waals surface area contributed by atoms with Gasteiger partial charge in [-0.1, -0.05) is 12.1 Å². The molecule has 3 aromatic rings. The topological polar surface area (TPSA) is 106 Å². The zero-order valence-corrected chi connectivity index (χ0v) is 25.0. The number of rotatable bonds is 10. The first-order valence-corrected chi connectivity index (χ1v) is 14.8. The number of amides is 2. The highest BCUT2D eigenvalue weighted by molar-refractivity contribution is 5.96. The van der Waals surface area contributed by atoms with Crippen LogP contribution in [0.5, 0.6) is 11.5 Å². The highest BCUT2D eigenvalue weighted by atomic mass is 16.5. The summed E-state index contributed by atoms with van der Waals surface area (Å²) in [5, 5.41) is 6.11. The fraction of sp³-hybridized carbons (Fsp3) is 0.455. The molecule has 0 radical (unpaired) electrons. The van der Waals surface area contributed by atoms with E-state index in [0.29, 0.717) is 53.4 Å². The van der Waals surface area contributed by atoms with Gasteiger partial charge in [-0.15, -0.1) is 0 Å². The van der Waals surface area contributed by atoms with Crippen molar-refractivity contribution in [2.75, 3.05) is 38.3 Å². The second-order valence-corrected chi connectivity index (χ2v) is 12.3. The van der Waals surface area contributed by atoms with E-state index in [2.05, 4.69) is 20.5 Å². The van der Waals surface area contributed by atoms with Gasteiger partial charge in [-0.25, -0.2) is 9.97 Å². The monoisotopic (exact) mass is 571 g/mol. The van der Waals surface area contributed by atoms with Crippen LogP contribution in [0.1, 0.15) is 67.2 Å². The Morgan fingerprint density at radius 2 is 1.69 bits per heavy atom. The van der Waals surface area contributed by atoms with Crippen LogP contribution < -0.4 is 25.0 Å². The lowest BCUT2D eigenvalue weighted by atomic mass is 9.96. The molecule has 9 nitrogen and oxygen atoms in total. The summed E-state index contributed by atoms with van der Waals surface area (Å²) in [5.41, 5.74) is 1.61. The molecule has 9 heteroatoms. The summed E-state index contributed by atoms with van der Waals surface area (Å²) < 4.78 is 11.3. The van der Waals surface area contributed by atoms with Crippen LogP contribution in [0.2, 0.25) is 0 Å². The third-order valence-corrected chi connectivity index (χ3v) is 7.56. The van der Waals surface area contributed by atoms with Crippen LogP contribution in [0.15, 0.2) is 54.7 Å². The van der Waals surface area contributed by atoms with Crippen molar-refractivity contribution >= 4 is 17.6 Å². The minimum absolute atomic E-state index is 0.119. The molecule has 5 rings (SSSR count).